The van der Waals surface area contributed by atoms with Crippen molar-refractivity contribution in [3.63, 3.8) is 0 Å². The fraction of sp³-hybridized carbons (Fsp3) is 0.800. The summed E-state index contributed by atoms with van der Waals surface area (Å²) in [7, 11) is 0. The third-order valence-corrected chi connectivity index (χ3v) is 3.48. The predicted octanol–water partition coefficient (Wildman–Crippen LogP) is 3.36. The molecule has 114 valence electrons. The number of ketones is 1. The second-order valence-electron chi connectivity index (χ2n) is 5.26. The molecule has 0 aliphatic heterocycles. The summed E-state index contributed by atoms with van der Waals surface area (Å²) >= 11 is 0. The molecule has 0 aliphatic rings. The first-order valence-electron chi connectivity index (χ1n) is 7.68. The van der Waals surface area contributed by atoms with Crippen LogP contribution in [0.1, 0.15) is 58.1 Å². The van der Waals surface area contributed by atoms with E-state index in [9.17, 15) is 9.18 Å². The molecular formula is C15H26FN3O. The maximum absolute atomic E-state index is 12.2. The lowest BCUT2D eigenvalue weighted by atomic mass is 9.91. The maximum Gasteiger partial charge on any atom is 0.136 e. The third kappa shape index (κ3) is 5.80. The van der Waals surface area contributed by atoms with Crippen LogP contribution in [0.15, 0.2) is 6.20 Å². The Hall–Kier alpha value is -1.26. The molecule has 0 saturated heterocycles. The first-order chi connectivity index (χ1) is 9.71. The highest BCUT2D eigenvalue weighted by molar-refractivity contribution is 5.80. The first-order valence-corrected chi connectivity index (χ1v) is 7.68. The Bertz CT molecular complexity index is 386. The molecule has 0 saturated carbocycles. The van der Waals surface area contributed by atoms with Crippen LogP contribution in [0.5, 0.6) is 0 Å². The summed E-state index contributed by atoms with van der Waals surface area (Å²) in [4.78, 5) is 12.1. The van der Waals surface area contributed by atoms with Crippen LogP contribution >= 0.6 is 0 Å². The minimum Gasteiger partial charge on any atom is -0.299 e. The third-order valence-electron chi connectivity index (χ3n) is 3.48. The molecule has 1 heterocycles. The number of alkyl halides is 1. The number of halogens is 1. The summed E-state index contributed by atoms with van der Waals surface area (Å²) in [6.45, 7) is 4.51. The van der Waals surface area contributed by atoms with Crippen molar-refractivity contribution >= 4 is 5.78 Å². The highest BCUT2D eigenvalue weighted by atomic mass is 19.1. The monoisotopic (exact) mass is 283 g/mol. The minimum atomic E-state index is -0.410. The summed E-state index contributed by atoms with van der Waals surface area (Å²) in [5.41, 5.74) is 0.675. The van der Waals surface area contributed by atoms with Crippen molar-refractivity contribution in [3.05, 3.63) is 11.9 Å². The molecule has 0 N–H and O–H groups in total. The van der Waals surface area contributed by atoms with Gasteiger partial charge in [-0.05, 0) is 19.3 Å². The lowest BCUT2D eigenvalue weighted by molar-refractivity contribution is -0.123. The van der Waals surface area contributed by atoms with Gasteiger partial charge >= 0.3 is 0 Å². The van der Waals surface area contributed by atoms with Gasteiger partial charge in [-0.15, -0.1) is 5.10 Å². The standard InChI is InChI=1S/C15H26FN3O/c1-3-6-13(7-4-2)15(20)8-5-11-19-12-14(9-10-16)17-18-19/h12-13H,3-11H2,1-2H3. The molecule has 0 atom stereocenters. The van der Waals surface area contributed by atoms with Gasteiger partial charge in [0.1, 0.15) is 5.78 Å². The van der Waals surface area contributed by atoms with Gasteiger partial charge in [-0.1, -0.05) is 31.9 Å². The van der Waals surface area contributed by atoms with Crippen LogP contribution in [0.2, 0.25) is 0 Å². The van der Waals surface area contributed by atoms with Gasteiger partial charge in [0.25, 0.3) is 0 Å². The zero-order chi connectivity index (χ0) is 14.8. The molecule has 1 rings (SSSR count). The number of carbonyl (C=O) groups excluding carboxylic acids is 1. The average Bonchev–Trinajstić information content (AvgIpc) is 2.86. The van der Waals surface area contributed by atoms with Crippen molar-refractivity contribution < 1.29 is 9.18 Å². The van der Waals surface area contributed by atoms with E-state index in [4.69, 9.17) is 0 Å². The zero-order valence-corrected chi connectivity index (χ0v) is 12.6. The van der Waals surface area contributed by atoms with Crippen LogP contribution in [-0.4, -0.2) is 27.5 Å². The molecule has 0 radical (unpaired) electrons. The molecule has 4 nitrogen and oxygen atoms in total. The summed E-state index contributed by atoms with van der Waals surface area (Å²) in [5, 5.41) is 7.82. The average molecular weight is 283 g/mol. The Kier molecular flexibility index (Phi) is 8.07. The van der Waals surface area contributed by atoms with Crippen LogP contribution in [0.25, 0.3) is 0 Å². The molecule has 1 aromatic heterocycles. The summed E-state index contributed by atoms with van der Waals surface area (Å²) in [6, 6.07) is 0. The Morgan fingerprint density at radius 2 is 2.05 bits per heavy atom. The van der Waals surface area contributed by atoms with E-state index in [1.165, 1.54) is 0 Å². The quantitative estimate of drug-likeness (QED) is 0.625. The highest BCUT2D eigenvalue weighted by Crippen LogP contribution is 2.17. The van der Waals surface area contributed by atoms with Crippen molar-refractivity contribution in [1.29, 1.82) is 0 Å². The van der Waals surface area contributed by atoms with Crippen LogP contribution in [0.3, 0.4) is 0 Å². The van der Waals surface area contributed by atoms with E-state index in [1.807, 2.05) is 0 Å². The van der Waals surface area contributed by atoms with Crippen molar-refractivity contribution in [2.75, 3.05) is 6.67 Å². The first kappa shape index (κ1) is 16.8. The topological polar surface area (TPSA) is 47.8 Å². The number of Topliss-reactive ketones (excluding diaryl/α,β-unsaturated/α-hetero) is 1. The number of hydrogen-bond acceptors (Lipinski definition) is 3. The Morgan fingerprint density at radius 3 is 2.65 bits per heavy atom. The van der Waals surface area contributed by atoms with E-state index in [2.05, 4.69) is 24.2 Å². The number of rotatable bonds is 11. The normalized spacial score (nSPS) is 11.2. The van der Waals surface area contributed by atoms with Gasteiger partial charge in [0.05, 0.1) is 12.4 Å². The van der Waals surface area contributed by atoms with Gasteiger partial charge < -0.3 is 0 Å². The molecule has 1 aromatic rings. The smallest absolute Gasteiger partial charge is 0.136 e. The van der Waals surface area contributed by atoms with Gasteiger partial charge in [0, 0.05) is 31.5 Å². The Labute approximate surface area is 120 Å². The van der Waals surface area contributed by atoms with Crippen molar-refractivity contribution in [1.82, 2.24) is 15.0 Å². The van der Waals surface area contributed by atoms with Crippen molar-refractivity contribution in [3.8, 4) is 0 Å². The molecule has 0 bridgehead atoms. The number of nitrogens with zero attached hydrogens (tertiary/aromatic N) is 3. The molecule has 20 heavy (non-hydrogen) atoms. The SMILES string of the molecule is CCCC(CCC)C(=O)CCCn1cc(CCF)nn1. The minimum absolute atomic E-state index is 0.225. The fourth-order valence-corrected chi connectivity index (χ4v) is 2.44. The van der Waals surface area contributed by atoms with Crippen LogP contribution in [0.4, 0.5) is 4.39 Å². The van der Waals surface area contributed by atoms with Gasteiger partial charge in [-0.25, -0.2) is 0 Å². The molecular weight excluding hydrogens is 257 g/mol. The van der Waals surface area contributed by atoms with Crippen LogP contribution < -0.4 is 0 Å². The van der Waals surface area contributed by atoms with Gasteiger partial charge in [0.2, 0.25) is 0 Å². The molecule has 0 amide bonds. The second kappa shape index (κ2) is 9.61. The second-order valence-corrected chi connectivity index (χ2v) is 5.26. The largest absolute Gasteiger partial charge is 0.299 e. The fourth-order valence-electron chi connectivity index (χ4n) is 2.44. The van der Waals surface area contributed by atoms with Crippen molar-refractivity contribution in [2.45, 2.75) is 65.3 Å². The van der Waals surface area contributed by atoms with Crippen molar-refractivity contribution in [2.24, 2.45) is 5.92 Å². The Morgan fingerprint density at radius 1 is 1.35 bits per heavy atom. The molecule has 0 aliphatic carbocycles. The van der Waals surface area contributed by atoms with Gasteiger partial charge in [0.15, 0.2) is 0 Å². The highest BCUT2D eigenvalue weighted by Gasteiger charge is 2.15. The number of aromatic nitrogens is 3. The summed E-state index contributed by atoms with van der Waals surface area (Å²) < 4.78 is 13.9. The van der Waals surface area contributed by atoms with E-state index < -0.39 is 6.67 Å². The van der Waals surface area contributed by atoms with Crippen LogP contribution in [0, 0.1) is 5.92 Å². The number of carbonyl (C=O) groups is 1. The summed E-state index contributed by atoms with van der Waals surface area (Å²) in [5.74, 6) is 0.598. The van der Waals surface area contributed by atoms with E-state index in [0.717, 1.165) is 32.1 Å². The molecule has 0 unspecified atom stereocenters. The predicted molar refractivity (Wildman–Crippen MR) is 77.2 cm³/mol. The molecule has 5 heteroatoms. The zero-order valence-electron chi connectivity index (χ0n) is 12.6. The van der Waals surface area contributed by atoms with Gasteiger partial charge in [-0.2, -0.15) is 0 Å². The van der Waals surface area contributed by atoms with E-state index in [-0.39, 0.29) is 5.92 Å². The van der Waals surface area contributed by atoms with Crippen LogP contribution in [-0.2, 0) is 17.8 Å². The van der Waals surface area contributed by atoms with E-state index in [1.54, 1.807) is 10.9 Å². The number of aryl methyl sites for hydroxylation is 2. The number of hydrogen-bond donors (Lipinski definition) is 0. The van der Waals surface area contributed by atoms with E-state index >= 15 is 0 Å². The molecule has 0 aromatic carbocycles. The van der Waals surface area contributed by atoms with Gasteiger partial charge in [-0.3, -0.25) is 13.9 Å². The lowest BCUT2D eigenvalue weighted by Crippen LogP contribution is -2.15. The molecule has 0 spiro atoms. The molecule has 0 fully saturated rings. The van der Waals surface area contributed by atoms with E-state index in [0.29, 0.717) is 30.9 Å². The lowest BCUT2D eigenvalue weighted by Gasteiger charge is -2.13. The summed E-state index contributed by atoms with van der Waals surface area (Å²) in [6.07, 6.45) is 7.57. The maximum atomic E-state index is 12.2. The Balaban J connectivity index is 2.32.